The number of ketones is 1. The molecule has 8 heteroatoms. The molecule has 32 heavy (non-hydrogen) atoms. The van der Waals surface area contributed by atoms with Gasteiger partial charge in [-0.05, 0) is 38.3 Å². The number of aliphatic imine (C=N–C) groups is 1. The Labute approximate surface area is 187 Å². The maximum Gasteiger partial charge on any atom is 0.254 e. The van der Waals surface area contributed by atoms with E-state index < -0.39 is 11.5 Å². The number of benzene rings is 1. The number of halogens is 2. The third-order valence-electron chi connectivity index (χ3n) is 6.86. The minimum Gasteiger partial charge on any atom is -0.358 e. The van der Waals surface area contributed by atoms with Crippen LogP contribution >= 0.6 is 0 Å². The average molecular weight is 445 g/mol. The van der Waals surface area contributed by atoms with E-state index in [0.717, 1.165) is 37.2 Å². The zero-order chi connectivity index (χ0) is 22.9. The van der Waals surface area contributed by atoms with Gasteiger partial charge in [-0.1, -0.05) is 30.8 Å². The van der Waals surface area contributed by atoms with Crippen molar-refractivity contribution < 1.29 is 18.4 Å². The summed E-state index contributed by atoms with van der Waals surface area (Å²) in [4.78, 5) is 31.9. The third-order valence-corrected chi connectivity index (χ3v) is 6.86. The number of rotatable bonds is 6. The molecule has 1 spiro atoms. The summed E-state index contributed by atoms with van der Waals surface area (Å²) >= 11 is 0. The van der Waals surface area contributed by atoms with E-state index in [9.17, 15) is 18.4 Å². The van der Waals surface area contributed by atoms with Crippen LogP contribution in [0.25, 0.3) is 0 Å². The van der Waals surface area contributed by atoms with Gasteiger partial charge in [0, 0.05) is 43.1 Å². The number of hydrogen-bond acceptors (Lipinski definition) is 5. The topological polar surface area (TPSA) is 73.8 Å². The largest absolute Gasteiger partial charge is 0.358 e. The van der Waals surface area contributed by atoms with Crippen molar-refractivity contribution in [3.63, 3.8) is 0 Å². The van der Waals surface area contributed by atoms with E-state index in [-0.39, 0.29) is 49.8 Å². The molecule has 1 aromatic carbocycles. The molecule has 1 aliphatic carbocycles. The van der Waals surface area contributed by atoms with Crippen molar-refractivity contribution >= 4 is 17.4 Å². The minimum absolute atomic E-state index is 0.0368. The van der Waals surface area contributed by atoms with Crippen LogP contribution in [0.1, 0.15) is 60.4 Å². The maximum absolute atomic E-state index is 13.6. The summed E-state index contributed by atoms with van der Waals surface area (Å²) in [6.45, 7) is 5.29. The van der Waals surface area contributed by atoms with Crippen LogP contribution < -0.4 is 10.6 Å². The molecular weight excluding hydrogens is 414 g/mol. The smallest absolute Gasteiger partial charge is 0.254 e. The Hall–Kier alpha value is -2.61. The number of nitrogens with zero attached hydrogens (tertiary/aromatic N) is 2. The highest BCUT2D eigenvalue weighted by Gasteiger charge is 2.53. The summed E-state index contributed by atoms with van der Waals surface area (Å²) in [5.41, 5.74) is 1.70. The molecule has 1 unspecified atom stereocenters. The molecule has 0 aromatic heterocycles. The quantitative estimate of drug-likeness (QED) is 0.661. The number of Topliss-reactive ketones (excluding diaryl/α,β-unsaturated/α-hetero) is 1. The molecule has 4 rings (SSSR count). The summed E-state index contributed by atoms with van der Waals surface area (Å²) in [6, 6.07) is 7.49. The van der Waals surface area contributed by atoms with Crippen molar-refractivity contribution in [2.24, 2.45) is 4.99 Å². The predicted octanol–water partition coefficient (Wildman–Crippen LogP) is 3.26. The Morgan fingerprint density at radius 2 is 1.94 bits per heavy atom. The molecule has 6 nitrogen and oxygen atoms in total. The van der Waals surface area contributed by atoms with Crippen LogP contribution in [0.4, 0.5) is 8.78 Å². The summed E-state index contributed by atoms with van der Waals surface area (Å²) in [5.74, 6) is -2.73. The Bertz CT molecular complexity index is 932. The maximum atomic E-state index is 13.6. The predicted molar refractivity (Wildman–Crippen MR) is 119 cm³/mol. The molecule has 2 aliphatic heterocycles. The summed E-state index contributed by atoms with van der Waals surface area (Å²) in [7, 11) is 1.90. The lowest BCUT2D eigenvalue weighted by atomic mass is 9.80. The molecule has 2 heterocycles. The first-order valence-electron chi connectivity index (χ1n) is 11.2. The first-order valence-corrected chi connectivity index (χ1v) is 11.2. The van der Waals surface area contributed by atoms with E-state index in [2.05, 4.69) is 22.2 Å². The molecule has 1 saturated heterocycles. The van der Waals surface area contributed by atoms with Crippen molar-refractivity contribution in [2.45, 2.75) is 55.9 Å². The van der Waals surface area contributed by atoms with Gasteiger partial charge in [0.2, 0.25) is 5.92 Å². The van der Waals surface area contributed by atoms with Gasteiger partial charge in [-0.2, -0.15) is 0 Å². The van der Waals surface area contributed by atoms with Gasteiger partial charge in [-0.25, -0.2) is 8.78 Å². The molecule has 0 bridgehead atoms. The molecule has 1 saturated carbocycles. The Kier molecular flexibility index (Phi) is 6.16. The van der Waals surface area contributed by atoms with Gasteiger partial charge in [-0.3, -0.25) is 19.5 Å². The van der Waals surface area contributed by atoms with Crippen LogP contribution in [-0.4, -0.2) is 60.4 Å². The zero-order valence-corrected chi connectivity index (χ0v) is 18.4. The van der Waals surface area contributed by atoms with Gasteiger partial charge in [0.25, 0.3) is 5.91 Å². The first-order chi connectivity index (χ1) is 15.2. The lowest BCUT2D eigenvalue weighted by molar-refractivity contribution is -0.135. The van der Waals surface area contributed by atoms with Crippen molar-refractivity contribution in [3.8, 4) is 0 Å². The standard InChI is InChI=1S/C24H30F2N4O2/c1-16-29-23(9-11-24(25,26)12-10-23)22(32)30(16)15-21(31)18-7-5-17(6-8-18)19-4-3-13-28-20(19)14-27-2/h5-8,19,27,29H,1,3-4,9-15H2,2H3. The second kappa shape index (κ2) is 8.73. The monoisotopic (exact) mass is 444 g/mol. The van der Waals surface area contributed by atoms with Gasteiger partial charge in [0.05, 0.1) is 6.54 Å². The molecule has 1 atom stereocenters. The third kappa shape index (κ3) is 4.33. The van der Waals surface area contributed by atoms with E-state index in [4.69, 9.17) is 0 Å². The fraction of sp³-hybridized carbons (Fsp3) is 0.542. The normalized spacial score (nSPS) is 24.4. The molecule has 3 aliphatic rings. The Balaban J connectivity index is 1.43. The van der Waals surface area contributed by atoms with E-state index in [1.165, 1.54) is 4.90 Å². The molecule has 1 aromatic rings. The highest BCUT2D eigenvalue weighted by molar-refractivity contribution is 6.02. The van der Waals surface area contributed by atoms with Crippen molar-refractivity contribution in [3.05, 3.63) is 47.8 Å². The van der Waals surface area contributed by atoms with Gasteiger partial charge in [0.1, 0.15) is 11.4 Å². The van der Waals surface area contributed by atoms with Crippen molar-refractivity contribution in [1.29, 1.82) is 0 Å². The summed E-state index contributed by atoms with van der Waals surface area (Å²) in [5, 5.41) is 6.18. The molecule has 2 fully saturated rings. The van der Waals surface area contributed by atoms with E-state index >= 15 is 0 Å². The van der Waals surface area contributed by atoms with Crippen LogP contribution in [0.15, 0.2) is 41.7 Å². The first kappa shape index (κ1) is 22.6. The van der Waals surface area contributed by atoms with Gasteiger partial charge < -0.3 is 10.6 Å². The van der Waals surface area contributed by atoms with Gasteiger partial charge in [0.15, 0.2) is 5.78 Å². The lowest BCUT2D eigenvalue weighted by Gasteiger charge is -2.35. The van der Waals surface area contributed by atoms with E-state index in [1.54, 1.807) is 12.1 Å². The van der Waals surface area contributed by atoms with Gasteiger partial charge >= 0.3 is 0 Å². The van der Waals surface area contributed by atoms with Gasteiger partial charge in [-0.15, -0.1) is 0 Å². The van der Waals surface area contributed by atoms with Crippen LogP contribution in [0.3, 0.4) is 0 Å². The average Bonchev–Trinajstić information content (AvgIpc) is 3.01. The fourth-order valence-electron chi connectivity index (χ4n) is 4.98. The second-order valence-electron chi connectivity index (χ2n) is 9.04. The lowest BCUT2D eigenvalue weighted by Crippen LogP contribution is -2.51. The number of nitrogens with one attached hydrogen (secondary N) is 2. The van der Waals surface area contributed by atoms with Crippen LogP contribution in [0.2, 0.25) is 0 Å². The second-order valence-corrected chi connectivity index (χ2v) is 9.04. The number of carbonyl (C=O) groups excluding carboxylic acids is 2. The highest BCUT2D eigenvalue weighted by Crippen LogP contribution is 2.42. The fourth-order valence-corrected chi connectivity index (χ4v) is 4.98. The highest BCUT2D eigenvalue weighted by atomic mass is 19.3. The van der Waals surface area contributed by atoms with Crippen molar-refractivity contribution in [2.75, 3.05) is 26.7 Å². The number of alkyl halides is 2. The Morgan fingerprint density at radius 1 is 1.25 bits per heavy atom. The summed E-state index contributed by atoms with van der Waals surface area (Å²) < 4.78 is 27.2. The molecule has 172 valence electrons. The summed E-state index contributed by atoms with van der Waals surface area (Å²) in [6.07, 6.45) is 1.45. The molecule has 0 radical (unpaired) electrons. The molecule has 1 amide bonds. The molecular formula is C24H30F2N4O2. The van der Waals surface area contributed by atoms with E-state index in [1.807, 2.05) is 19.2 Å². The van der Waals surface area contributed by atoms with Crippen molar-refractivity contribution in [1.82, 2.24) is 15.5 Å². The number of hydrogen-bond donors (Lipinski definition) is 2. The van der Waals surface area contributed by atoms with Crippen LogP contribution in [-0.2, 0) is 4.79 Å². The molecule has 2 N–H and O–H groups in total. The zero-order valence-electron chi connectivity index (χ0n) is 18.4. The van der Waals surface area contributed by atoms with Crippen LogP contribution in [0.5, 0.6) is 0 Å². The number of carbonyl (C=O) groups is 2. The Morgan fingerprint density at radius 3 is 2.59 bits per heavy atom. The van der Waals surface area contributed by atoms with Crippen LogP contribution in [0, 0.1) is 0 Å². The minimum atomic E-state index is -2.74. The number of amides is 1. The van der Waals surface area contributed by atoms with E-state index in [0.29, 0.717) is 11.4 Å². The SMILES string of the molecule is C=C1NC2(CCC(F)(F)CC2)C(=O)N1CC(=O)c1ccc(C2CCCN=C2CNC)cc1.